The van der Waals surface area contributed by atoms with Crippen LogP contribution in [0.3, 0.4) is 0 Å². The molecule has 1 aliphatic rings. The van der Waals surface area contributed by atoms with Crippen molar-refractivity contribution in [3.05, 3.63) is 134 Å². The van der Waals surface area contributed by atoms with E-state index in [0.29, 0.717) is 19.8 Å². The molecule has 1 fully saturated rings. The van der Waals surface area contributed by atoms with E-state index in [2.05, 4.69) is 218 Å². The van der Waals surface area contributed by atoms with Crippen LogP contribution in [-0.4, -0.2) is 156 Å². The average Bonchev–Trinajstić information content (AvgIpc) is 1.69. The molecule has 1 heterocycles. The molecule has 0 bridgehead atoms. The van der Waals surface area contributed by atoms with Gasteiger partial charge in [0.05, 0.1) is 45.2 Å². The summed E-state index contributed by atoms with van der Waals surface area (Å²) in [5.41, 5.74) is 0. The lowest BCUT2D eigenvalue weighted by Crippen LogP contribution is -2.35. The largest absolute Gasteiger partial charge is 0.394 e. The number of aliphatic hydroxyl groups is 2. The first-order valence-electron chi connectivity index (χ1n) is 58.6. The Morgan fingerprint density at radius 3 is 0.821 bits per heavy atom. The lowest BCUT2D eigenvalue weighted by Gasteiger charge is -2.29. The summed E-state index contributed by atoms with van der Waals surface area (Å²) in [6, 6.07) is 0. The zero-order valence-electron chi connectivity index (χ0n) is 91.4. The normalized spacial score (nSPS) is 14.4. The molecule has 0 amide bonds. The minimum absolute atomic E-state index is 0.0414. The van der Waals surface area contributed by atoms with Crippen molar-refractivity contribution in [1.29, 1.82) is 0 Å². The SMILES string of the molecule is CCCCC/C=C\C/C=C\CCCCCCCCC1(CCCCCCCC/C=C\C/C=C\CCCCC)OCC(CN(C)C)O1.CCCCC/C=C\C/C=C\CCCCCCCCN(CCCCCCCC/C=C\CCCCCCCC)CC(O)CO.CCCCC/C=C\C/C=C\CCCCCCCCOCC(COCCN(C)C)OCCCCCCCC/C=C\C/C=C\CCCCC. The Morgan fingerprint density at radius 2 is 0.530 bits per heavy atom. The van der Waals surface area contributed by atoms with E-state index in [1.165, 1.54) is 430 Å². The molecule has 0 aliphatic carbocycles. The van der Waals surface area contributed by atoms with Crippen molar-refractivity contribution >= 4 is 0 Å². The van der Waals surface area contributed by atoms with Crippen LogP contribution in [-0.2, 0) is 23.7 Å². The Morgan fingerprint density at radius 1 is 0.284 bits per heavy atom. The summed E-state index contributed by atoms with van der Waals surface area (Å²) in [5, 5.41) is 19.3. The third-order valence-corrected chi connectivity index (χ3v) is 25.8. The second kappa shape index (κ2) is 117. The first-order valence-corrected chi connectivity index (χ1v) is 58.6. The highest BCUT2D eigenvalue weighted by atomic mass is 16.7. The fourth-order valence-electron chi connectivity index (χ4n) is 17.2. The van der Waals surface area contributed by atoms with Gasteiger partial charge in [0.15, 0.2) is 5.79 Å². The van der Waals surface area contributed by atoms with Crippen molar-refractivity contribution in [3.8, 4) is 0 Å². The van der Waals surface area contributed by atoms with Gasteiger partial charge in [-0.15, -0.1) is 0 Å². The molecule has 3 atom stereocenters. The molecule has 1 saturated heterocycles. The summed E-state index contributed by atoms with van der Waals surface area (Å²) < 4.78 is 31.2. The Bertz CT molecular complexity index is 2520. The van der Waals surface area contributed by atoms with Gasteiger partial charge in [-0.1, -0.05) is 426 Å². The van der Waals surface area contributed by atoms with E-state index in [0.717, 1.165) is 110 Å². The highest BCUT2D eigenvalue weighted by Gasteiger charge is 2.40. The van der Waals surface area contributed by atoms with E-state index in [-0.39, 0.29) is 24.6 Å². The van der Waals surface area contributed by atoms with Gasteiger partial charge in [0.25, 0.3) is 0 Å². The molecule has 1 rings (SSSR count). The lowest BCUT2D eigenvalue weighted by atomic mass is 9.98. The minimum atomic E-state index is -0.608. The maximum absolute atomic E-state index is 9.99. The number of rotatable bonds is 104. The Hall–Kier alpha value is -3.26. The van der Waals surface area contributed by atoms with Crippen LogP contribution in [0.2, 0.25) is 0 Å². The van der Waals surface area contributed by atoms with Crippen LogP contribution in [0, 0.1) is 0 Å². The standard InChI is InChI=1S/C43H81NO3.C42H77NO2.C39H75NO2/c1-5-7-9-11-13-15-17-19-21-23-25-27-29-31-33-35-38-45-41-43(42-46-40-37-44(3)4)47-39-36-34-32-30-28-26-24-22-20-18-16-14-12-10-8-6-2;1-5-7-9-11-13-15-17-19-21-23-25-27-29-31-33-35-37-42(44-40-41(45-42)39-43(3)4)38-36-34-32-30-28-26-24-22-20-18-16-14-12-10-8-6-2;1-3-5-7-9-11-13-15-17-19-21-23-25-27-29-31-33-35-40(37-39(42)38-41)36-34-32-30-28-26-24-22-20-18-16-14-12-10-8-6-4-2/h13-16,19-22,43H,5-12,17-18,23-42H2,1-4H3;13-16,19-22,41H,5-12,17-18,23-40H2,1-4H3;11,13,17-20,39,41-42H,3-10,12,14-16,21-38H2,1-2H3/b2*15-13-,16-14-,21-19-,22-20-;13-11-,19-17-,20-18-. The van der Waals surface area contributed by atoms with Crippen molar-refractivity contribution in [1.82, 2.24) is 14.7 Å². The number of nitrogens with zero attached hydrogens (tertiary/aromatic N) is 3. The molecule has 1 aliphatic heterocycles. The maximum Gasteiger partial charge on any atom is 0.168 e. The smallest absolute Gasteiger partial charge is 0.168 e. The lowest BCUT2D eigenvalue weighted by molar-refractivity contribution is -0.180. The quantitative estimate of drug-likeness (QED) is 0.0453. The summed E-state index contributed by atoms with van der Waals surface area (Å²) in [6.07, 6.45) is 149. The van der Waals surface area contributed by atoms with Gasteiger partial charge in [0.1, 0.15) is 6.10 Å². The van der Waals surface area contributed by atoms with Gasteiger partial charge < -0.3 is 48.6 Å². The number of likely N-dealkylation sites (N-methyl/N-ethyl adjacent to an activating group) is 2. The third-order valence-electron chi connectivity index (χ3n) is 25.8. The van der Waals surface area contributed by atoms with Gasteiger partial charge in [0, 0.05) is 45.7 Å². The summed E-state index contributed by atoms with van der Waals surface area (Å²) >= 11 is 0. The fourth-order valence-corrected chi connectivity index (χ4v) is 17.2. The molecule has 0 aromatic rings. The molecule has 786 valence electrons. The van der Waals surface area contributed by atoms with Crippen molar-refractivity contribution in [2.45, 2.75) is 554 Å². The van der Waals surface area contributed by atoms with Gasteiger partial charge in [-0.25, -0.2) is 0 Å². The third kappa shape index (κ3) is 111. The topological polar surface area (TPSA) is 96.3 Å². The van der Waals surface area contributed by atoms with Crippen LogP contribution >= 0.6 is 0 Å². The van der Waals surface area contributed by atoms with Crippen molar-refractivity contribution in [3.63, 3.8) is 0 Å². The summed E-state index contributed by atoms with van der Waals surface area (Å²) in [6.45, 7) is 22.5. The second-order valence-corrected chi connectivity index (χ2v) is 40.2. The van der Waals surface area contributed by atoms with Gasteiger partial charge in [0.2, 0.25) is 0 Å². The van der Waals surface area contributed by atoms with Crippen LogP contribution in [0.5, 0.6) is 0 Å². The van der Waals surface area contributed by atoms with Crippen LogP contribution in [0.4, 0.5) is 0 Å². The summed E-state index contributed by atoms with van der Waals surface area (Å²) in [5.74, 6) is -0.328. The van der Waals surface area contributed by atoms with E-state index >= 15 is 0 Å². The molecule has 10 heteroatoms. The van der Waals surface area contributed by atoms with E-state index < -0.39 is 6.10 Å². The molecule has 10 nitrogen and oxygen atoms in total. The predicted molar refractivity (Wildman–Crippen MR) is 597 cm³/mol. The molecule has 0 saturated carbocycles. The van der Waals surface area contributed by atoms with Gasteiger partial charge in [-0.05, 0) is 266 Å². The van der Waals surface area contributed by atoms with Crippen LogP contribution in [0.25, 0.3) is 0 Å². The average molecular weight is 1880 g/mol. The Balaban J connectivity index is 0. The van der Waals surface area contributed by atoms with E-state index in [9.17, 15) is 10.2 Å². The monoisotopic (exact) mass is 1880 g/mol. The summed E-state index contributed by atoms with van der Waals surface area (Å²) in [4.78, 5) is 6.77. The molecule has 0 aromatic carbocycles. The molecule has 3 unspecified atom stereocenters. The zero-order chi connectivity index (χ0) is 97.3. The zero-order valence-corrected chi connectivity index (χ0v) is 91.4. The molecular formula is C124H233N3O7. The molecule has 0 spiro atoms. The highest BCUT2D eigenvalue weighted by Crippen LogP contribution is 2.35. The Labute approximate surface area is 837 Å². The van der Waals surface area contributed by atoms with Crippen molar-refractivity contribution < 1.29 is 33.9 Å². The first kappa shape index (κ1) is 133. The number of hydrogen-bond donors (Lipinski definition) is 2. The Kier molecular flexibility index (Phi) is 116. The number of aliphatic hydroxyl groups excluding tert-OH is 2. The van der Waals surface area contributed by atoms with Crippen molar-refractivity contribution in [2.24, 2.45) is 0 Å². The minimum Gasteiger partial charge on any atom is -0.394 e. The fraction of sp³-hybridized carbons (Fsp3) is 0.823. The number of hydrogen-bond acceptors (Lipinski definition) is 10. The molecule has 2 N–H and O–H groups in total. The molecule has 134 heavy (non-hydrogen) atoms. The highest BCUT2D eigenvalue weighted by molar-refractivity contribution is 4.97. The van der Waals surface area contributed by atoms with E-state index in [1.807, 2.05) is 0 Å². The van der Waals surface area contributed by atoms with Crippen LogP contribution in [0.15, 0.2) is 134 Å². The second-order valence-electron chi connectivity index (χ2n) is 40.2. The molecule has 0 radical (unpaired) electrons. The number of unbranched alkanes of at least 4 members (excludes halogenated alkanes) is 57. The predicted octanol–water partition coefficient (Wildman–Crippen LogP) is 37.2. The molecular weight excluding hydrogens is 1640 g/mol. The maximum atomic E-state index is 9.99. The van der Waals surface area contributed by atoms with Gasteiger partial charge in [-0.3, -0.25) is 0 Å². The number of allylic oxidation sites excluding steroid dienone is 22. The van der Waals surface area contributed by atoms with Gasteiger partial charge >= 0.3 is 0 Å². The number of ether oxygens (including phenoxy) is 5. The van der Waals surface area contributed by atoms with Crippen molar-refractivity contribution in [2.75, 3.05) is 107 Å². The van der Waals surface area contributed by atoms with E-state index in [4.69, 9.17) is 23.7 Å². The van der Waals surface area contributed by atoms with Gasteiger partial charge in [-0.2, -0.15) is 0 Å². The van der Waals surface area contributed by atoms with Crippen LogP contribution < -0.4 is 0 Å². The van der Waals surface area contributed by atoms with E-state index in [1.54, 1.807) is 0 Å². The summed E-state index contributed by atoms with van der Waals surface area (Å²) in [7, 11) is 8.43. The van der Waals surface area contributed by atoms with Crippen LogP contribution in [0.1, 0.15) is 530 Å². The molecule has 0 aromatic heterocycles. The first-order chi connectivity index (χ1) is 66.1.